The molecule has 0 aliphatic carbocycles. The average molecular weight is 273 g/mol. The molecule has 1 aromatic carbocycles. The van der Waals surface area contributed by atoms with Gasteiger partial charge in [-0.05, 0) is 12.1 Å². The predicted molar refractivity (Wildman–Crippen MR) is 76.7 cm³/mol. The van der Waals surface area contributed by atoms with Crippen LogP contribution in [0, 0.1) is 0 Å². The number of hydrogen-bond donors (Lipinski definition) is 3. The highest BCUT2D eigenvalue weighted by Crippen LogP contribution is 2.23. The summed E-state index contributed by atoms with van der Waals surface area (Å²) < 4.78 is 0. The molecule has 0 unspecified atom stereocenters. The van der Waals surface area contributed by atoms with Crippen LogP contribution in [0.25, 0.3) is 0 Å². The lowest BCUT2D eigenvalue weighted by molar-refractivity contribution is 0.0979. The number of hydrogen-bond acceptors (Lipinski definition) is 4. The quantitative estimate of drug-likeness (QED) is 0.710. The molecule has 6 nitrogen and oxygen atoms in total. The summed E-state index contributed by atoms with van der Waals surface area (Å²) in [6.07, 6.45) is 2.79. The molecule has 2 rings (SSSR count). The number of H-pyrrole nitrogens is 1. The SMILES string of the molecule is Nc1ccccc1N(CCO)C(=O)c1c[nH]ccc1=O. The minimum atomic E-state index is -0.501. The molecule has 6 heteroatoms. The summed E-state index contributed by atoms with van der Waals surface area (Å²) in [5.74, 6) is -0.501. The van der Waals surface area contributed by atoms with Crippen molar-refractivity contribution in [1.82, 2.24) is 4.98 Å². The number of aromatic amines is 1. The molecule has 1 aromatic heterocycles. The molecular formula is C14H15N3O3. The van der Waals surface area contributed by atoms with Gasteiger partial charge in [0.2, 0.25) is 0 Å². The molecule has 0 aliphatic heterocycles. The van der Waals surface area contributed by atoms with Crippen LogP contribution in [0.15, 0.2) is 47.5 Å². The molecule has 0 bridgehead atoms. The van der Waals surface area contributed by atoms with Gasteiger partial charge in [0.05, 0.1) is 18.0 Å². The number of nitrogens with zero attached hydrogens (tertiary/aromatic N) is 1. The van der Waals surface area contributed by atoms with E-state index in [2.05, 4.69) is 4.98 Å². The number of rotatable bonds is 4. The predicted octanol–water partition coefficient (Wildman–Crippen LogP) is 0.596. The highest BCUT2D eigenvalue weighted by atomic mass is 16.3. The van der Waals surface area contributed by atoms with E-state index in [9.17, 15) is 9.59 Å². The van der Waals surface area contributed by atoms with Gasteiger partial charge in [-0.15, -0.1) is 0 Å². The van der Waals surface area contributed by atoms with Crippen LogP contribution in [-0.4, -0.2) is 29.1 Å². The molecule has 0 atom stereocenters. The summed E-state index contributed by atoms with van der Waals surface area (Å²) in [6, 6.07) is 8.08. The summed E-state index contributed by atoms with van der Waals surface area (Å²) in [5.41, 5.74) is 6.34. The maximum atomic E-state index is 12.4. The number of aromatic nitrogens is 1. The molecule has 0 saturated carbocycles. The molecule has 1 amide bonds. The van der Waals surface area contributed by atoms with E-state index in [0.29, 0.717) is 11.4 Å². The van der Waals surface area contributed by atoms with E-state index in [4.69, 9.17) is 10.8 Å². The fraction of sp³-hybridized carbons (Fsp3) is 0.143. The molecule has 4 N–H and O–H groups in total. The zero-order chi connectivity index (χ0) is 14.5. The van der Waals surface area contributed by atoms with E-state index in [-0.39, 0.29) is 24.1 Å². The molecule has 0 radical (unpaired) electrons. The van der Waals surface area contributed by atoms with Crippen LogP contribution in [0.4, 0.5) is 11.4 Å². The number of anilines is 2. The number of nitrogens with one attached hydrogen (secondary N) is 1. The van der Waals surface area contributed by atoms with Crippen LogP contribution in [0.5, 0.6) is 0 Å². The van der Waals surface area contributed by atoms with Crippen LogP contribution >= 0.6 is 0 Å². The van der Waals surface area contributed by atoms with Gasteiger partial charge in [-0.25, -0.2) is 0 Å². The minimum Gasteiger partial charge on any atom is -0.397 e. The Morgan fingerprint density at radius 2 is 2.05 bits per heavy atom. The number of para-hydroxylation sites is 2. The van der Waals surface area contributed by atoms with Gasteiger partial charge in [-0.3, -0.25) is 9.59 Å². The first-order chi connectivity index (χ1) is 9.65. The second kappa shape index (κ2) is 6.03. The molecule has 0 saturated heterocycles. The number of amides is 1. The number of carbonyl (C=O) groups excluding carboxylic acids is 1. The second-order valence-electron chi connectivity index (χ2n) is 4.16. The first-order valence-corrected chi connectivity index (χ1v) is 6.09. The lowest BCUT2D eigenvalue weighted by Gasteiger charge is -2.23. The maximum Gasteiger partial charge on any atom is 0.263 e. The maximum absolute atomic E-state index is 12.4. The Labute approximate surface area is 115 Å². The van der Waals surface area contributed by atoms with E-state index in [1.165, 1.54) is 23.4 Å². The topological polar surface area (TPSA) is 99.4 Å². The van der Waals surface area contributed by atoms with E-state index in [1.807, 2.05) is 0 Å². The summed E-state index contributed by atoms with van der Waals surface area (Å²) in [7, 11) is 0. The Balaban J connectivity index is 2.44. The Morgan fingerprint density at radius 1 is 1.30 bits per heavy atom. The van der Waals surface area contributed by atoms with E-state index < -0.39 is 5.91 Å². The molecule has 2 aromatic rings. The van der Waals surface area contributed by atoms with Crippen molar-refractivity contribution in [1.29, 1.82) is 0 Å². The summed E-state index contributed by atoms with van der Waals surface area (Å²) in [4.78, 5) is 28.2. The van der Waals surface area contributed by atoms with Gasteiger partial charge >= 0.3 is 0 Å². The summed E-state index contributed by atoms with van der Waals surface area (Å²) >= 11 is 0. The first-order valence-electron chi connectivity index (χ1n) is 6.09. The van der Waals surface area contributed by atoms with Crippen molar-refractivity contribution >= 4 is 17.3 Å². The van der Waals surface area contributed by atoms with Gasteiger partial charge in [0.15, 0.2) is 5.43 Å². The van der Waals surface area contributed by atoms with Crippen LogP contribution < -0.4 is 16.1 Å². The smallest absolute Gasteiger partial charge is 0.263 e. The van der Waals surface area contributed by atoms with Crippen molar-refractivity contribution in [3.05, 3.63) is 58.5 Å². The second-order valence-corrected chi connectivity index (χ2v) is 4.16. The monoisotopic (exact) mass is 273 g/mol. The minimum absolute atomic E-state index is 0.00389. The Hall–Kier alpha value is -2.60. The van der Waals surface area contributed by atoms with Gasteiger partial charge in [0.1, 0.15) is 5.56 Å². The van der Waals surface area contributed by atoms with Crippen LogP contribution in [0.1, 0.15) is 10.4 Å². The highest BCUT2D eigenvalue weighted by Gasteiger charge is 2.21. The van der Waals surface area contributed by atoms with Gasteiger partial charge < -0.3 is 20.7 Å². The van der Waals surface area contributed by atoms with Gasteiger partial charge in [0, 0.05) is 25.0 Å². The molecule has 104 valence electrons. The Bertz CT molecular complexity index is 666. The van der Waals surface area contributed by atoms with Crippen LogP contribution in [-0.2, 0) is 0 Å². The summed E-state index contributed by atoms with van der Waals surface area (Å²) in [6.45, 7) is -0.174. The van der Waals surface area contributed by atoms with Crippen molar-refractivity contribution < 1.29 is 9.90 Å². The first kappa shape index (κ1) is 13.8. The third-order valence-corrected chi connectivity index (χ3v) is 2.85. The fourth-order valence-electron chi connectivity index (χ4n) is 1.89. The van der Waals surface area contributed by atoms with Gasteiger partial charge in [-0.2, -0.15) is 0 Å². The molecule has 0 fully saturated rings. The largest absolute Gasteiger partial charge is 0.397 e. The molecular weight excluding hydrogens is 258 g/mol. The van der Waals surface area contributed by atoms with Crippen molar-refractivity contribution in [2.75, 3.05) is 23.8 Å². The van der Waals surface area contributed by atoms with E-state index in [0.717, 1.165) is 0 Å². The van der Waals surface area contributed by atoms with Crippen LogP contribution in [0.2, 0.25) is 0 Å². The highest BCUT2D eigenvalue weighted by molar-refractivity contribution is 6.07. The number of aliphatic hydroxyl groups excluding tert-OH is 1. The molecule has 1 heterocycles. The fourth-order valence-corrected chi connectivity index (χ4v) is 1.89. The van der Waals surface area contributed by atoms with Crippen molar-refractivity contribution in [2.24, 2.45) is 0 Å². The number of benzene rings is 1. The summed E-state index contributed by atoms with van der Waals surface area (Å²) in [5, 5.41) is 9.13. The zero-order valence-electron chi connectivity index (χ0n) is 10.7. The van der Waals surface area contributed by atoms with Crippen molar-refractivity contribution in [2.45, 2.75) is 0 Å². The zero-order valence-corrected chi connectivity index (χ0v) is 10.7. The third kappa shape index (κ3) is 2.70. The average Bonchev–Trinajstić information content (AvgIpc) is 2.46. The van der Waals surface area contributed by atoms with Crippen LogP contribution in [0.3, 0.4) is 0 Å². The molecule has 20 heavy (non-hydrogen) atoms. The van der Waals surface area contributed by atoms with Gasteiger partial charge in [-0.1, -0.05) is 12.1 Å². The Morgan fingerprint density at radius 3 is 2.70 bits per heavy atom. The molecule has 0 spiro atoms. The Kier molecular flexibility index (Phi) is 4.17. The lowest BCUT2D eigenvalue weighted by Crippen LogP contribution is -2.36. The number of nitrogens with two attached hydrogens (primary N) is 1. The van der Waals surface area contributed by atoms with Gasteiger partial charge in [0.25, 0.3) is 5.91 Å². The lowest BCUT2D eigenvalue weighted by atomic mass is 10.2. The number of aliphatic hydroxyl groups is 1. The standard InChI is InChI=1S/C14H15N3O3/c15-11-3-1-2-4-12(11)17(7-8-18)14(20)10-9-16-6-5-13(10)19/h1-6,9,18H,7-8,15H2,(H,16,19). The normalized spacial score (nSPS) is 10.2. The third-order valence-electron chi connectivity index (χ3n) is 2.85. The van der Waals surface area contributed by atoms with Crippen molar-refractivity contribution in [3.8, 4) is 0 Å². The molecule has 0 aliphatic rings. The van der Waals surface area contributed by atoms with E-state index >= 15 is 0 Å². The number of nitrogen functional groups attached to an aromatic ring is 1. The van der Waals surface area contributed by atoms with Crippen molar-refractivity contribution in [3.63, 3.8) is 0 Å². The number of pyridine rings is 1. The number of carbonyl (C=O) groups is 1. The van der Waals surface area contributed by atoms with E-state index in [1.54, 1.807) is 24.3 Å².